The maximum absolute atomic E-state index is 5.93. The SMILES string of the molecule is c1ccc(CC2COC(OCCNCC3CCN(c4nc5ccccc5s4)CC3)CO2)cc1. The van der Waals surface area contributed by atoms with Crippen LogP contribution in [-0.4, -0.2) is 63.4 Å². The number of fused-ring (bicyclic) bond motifs is 1. The fourth-order valence-corrected chi connectivity index (χ4v) is 5.53. The first-order valence-corrected chi connectivity index (χ1v) is 12.8. The normalized spacial score (nSPS) is 22.1. The Labute approximate surface area is 199 Å². The lowest BCUT2D eigenvalue weighted by Crippen LogP contribution is -2.40. The molecule has 0 radical (unpaired) electrons. The molecule has 0 saturated carbocycles. The molecule has 2 unspecified atom stereocenters. The van der Waals surface area contributed by atoms with E-state index in [0.29, 0.717) is 25.7 Å². The quantitative estimate of drug-likeness (QED) is 0.478. The minimum Gasteiger partial charge on any atom is -0.370 e. The number of ether oxygens (including phenoxy) is 3. The molecule has 2 atom stereocenters. The number of piperidine rings is 1. The van der Waals surface area contributed by atoms with Crippen LogP contribution in [0.3, 0.4) is 0 Å². The van der Waals surface area contributed by atoms with Crippen molar-refractivity contribution < 1.29 is 14.2 Å². The van der Waals surface area contributed by atoms with E-state index in [1.165, 1.54) is 23.1 Å². The summed E-state index contributed by atoms with van der Waals surface area (Å²) in [4.78, 5) is 7.25. The van der Waals surface area contributed by atoms with Crippen molar-refractivity contribution in [1.82, 2.24) is 10.3 Å². The molecular weight excluding hydrogens is 434 g/mol. The van der Waals surface area contributed by atoms with Crippen molar-refractivity contribution in [3.63, 3.8) is 0 Å². The van der Waals surface area contributed by atoms with Gasteiger partial charge in [0, 0.05) is 26.1 Å². The Balaban J connectivity index is 0.931. The van der Waals surface area contributed by atoms with Gasteiger partial charge in [0.15, 0.2) is 11.4 Å². The number of rotatable bonds is 9. The van der Waals surface area contributed by atoms with Crippen LogP contribution in [0.25, 0.3) is 10.2 Å². The summed E-state index contributed by atoms with van der Waals surface area (Å²) >= 11 is 1.80. The van der Waals surface area contributed by atoms with Gasteiger partial charge in [-0.05, 0) is 43.0 Å². The van der Waals surface area contributed by atoms with E-state index in [4.69, 9.17) is 19.2 Å². The third-order valence-corrected chi connectivity index (χ3v) is 7.52. The van der Waals surface area contributed by atoms with Crippen LogP contribution < -0.4 is 10.2 Å². The van der Waals surface area contributed by atoms with Crippen LogP contribution >= 0.6 is 11.3 Å². The van der Waals surface area contributed by atoms with Crippen LogP contribution in [0.2, 0.25) is 0 Å². The van der Waals surface area contributed by atoms with E-state index < -0.39 is 0 Å². The van der Waals surface area contributed by atoms with Crippen molar-refractivity contribution in [2.24, 2.45) is 5.92 Å². The molecule has 1 N–H and O–H groups in total. The molecule has 0 spiro atoms. The van der Waals surface area contributed by atoms with E-state index in [1.54, 1.807) is 11.3 Å². The van der Waals surface area contributed by atoms with E-state index in [-0.39, 0.29) is 12.4 Å². The summed E-state index contributed by atoms with van der Waals surface area (Å²) in [5.41, 5.74) is 2.39. The lowest BCUT2D eigenvalue weighted by molar-refractivity contribution is -0.233. The second-order valence-electron chi connectivity index (χ2n) is 8.88. The lowest BCUT2D eigenvalue weighted by atomic mass is 9.97. The molecule has 2 aliphatic heterocycles. The van der Waals surface area contributed by atoms with Crippen LogP contribution in [0.1, 0.15) is 18.4 Å². The first-order valence-electron chi connectivity index (χ1n) is 12.0. The van der Waals surface area contributed by atoms with Crippen LogP contribution in [0.15, 0.2) is 54.6 Å². The maximum atomic E-state index is 5.93. The van der Waals surface area contributed by atoms with Gasteiger partial charge < -0.3 is 24.4 Å². The van der Waals surface area contributed by atoms with Gasteiger partial charge in [0.25, 0.3) is 0 Å². The van der Waals surface area contributed by atoms with E-state index in [9.17, 15) is 0 Å². The van der Waals surface area contributed by atoms with Gasteiger partial charge in [0.1, 0.15) is 0 Å². The standard InChI is InChI=1S/C26H33N3O3S/c1-2-6-20(7-3-1)16-22-18-32-25(19-31-22)30-15-12-27-17-21-10-13-29(14-11-21)26-28-23-8-4-5-9-24(23)33-26/h1-9,21-22,25,27H,10-19H2. The summed E-state index contributed by atoms with van der Waals surface area (Å²) in [6.07, 6.45) is 3.14. The number of nitrogens with one attached hydrogen (secondary N) is 1. The van der Waals surface area contributed by atoms with E-state index in [1.807, 2.05) is 6.07 Å². The molecule has 0 bridgehead atoms. The third-order valence-electron chi connectivity index (χ3n) is 6.43. The van der Waals surface area contributed by atoms with Gasteiger partial charge in [0.2, 0.25) is 0 Å². The van der Waals surface area contributed by atoms with E-state index >= 15 is 0 Å². The lowest BCUT2D eigenvalue weighted by Gasteiger charge is -2.32. The summed E-state index contributed by atoms with van der Waals surface area (Å²) in [6, 6.07) is 18.8. The molecule has 6 nitrogen and oxygen atoms in total. The average molecular weight is 468 g/mol. The smallest absolute Gasteiger partial charge is 0.186 e. The Morgan fingerprint density at radius 2 is 1.82 bits per heavy atom. The largest absolute Gasteiger partial charge is 0.370 e. The zero-order valence-electron chi connectivity index (χ0n) is 19.0. The Kier molecular flexibility index (Phi) is 7.86. The topological polar surface area (TPSA) is 55.9 Å². The van der Waals surface area contributed by atoms with Gasteiger partial charge in [0.05, 0.1) is 36.1 Å². The van der Waals surface area contributed by atoms with Crippen LogP contribution in [0.4, 0.5) is 5.13 Å². The van der Waals surface area contributed by atoms with Gasteiger partial charge in [-0.15, -0.1) is 0 Å². The number of anilines is 1. The number of hydrogen-bond acceptors (Lipinski definition) is 7. The third kappa shape index (κ3) is 6.31. The molecule has 3 heterocycles. The van der Waals surface area contributed by atoms with E-state index in [2.05, 4.69) is 58.7 Å². The van der Waals surface area contributed by atoms with Gasteiger partial charge >= 0.3 is 0 Å². The van der Waals surface area contributed by atoms with Crippen molar-refractivity contribution >= 4 is 26.7 Å². The number of hydrogen-bond donors (Lipinski definition) is 1. The average Bonchev–Trinajstić information content (AvgIpc) is 3.30. The molecule has 2 aromatic carbocycles. The molecule has 2 aliphatic rings. The van der Waals surface area contributed by atoms with Crippen molar-refractivity contribution in [3.05, 3.63) is 60.2 Å². The molecular formula is C26H33N3O3S. The molecule has 176 valence electrons. The zero-order chi connectivity index (χ0) is 22.3. The van der Waals surface area contributed by atoms with Crippen molar-refractivity contribution in [2.75, 3.05) is 50.9 Å². The van der Waals surface area contributed by atoms with Crippen LogP contribution in [0.5, 0.6) is 0 Å². The monoisotopic (exact) mass is 467 g/mol. The van der Waals surface area contributed by atoms with Gasteiger partial charge in [-0.25, -0.2) is 4.98 Å². The molecule has 0 aliphatic carbocycles. The Hall–Kier alpha value is -2.03. The van der Waals surface area contributed by atoms with Gasteiger partial charge in [-0.3, -0.25) is 0 Å². The number of aromatic nitrogens is 1. The minimum absolute atomic E-state index is 0.110. The van der Waals surface area contributed by atoms with E-state index in [0.717, 1.165) is 43.2 Å². The maximum Gasteiger partial charge on any atom is 0.186 e. The summed E-state index contributed by atoms with van der Waals surface area (Å²) in [6.45, 7) is 5.77. The highest BCUT2D eigenvalue weighted by Crippen LogP contribution is 2.31. The first-order chi connectivity index (χ1) is 16.3. The first kappa shape index (κ1) is 22.7. The predicted molar refractivity (Wildman–Crippen MR) is 133 cm³/mol. The molecule has 33 heavy (non-hydrogen) atoms. The molecule has 7 heteroatoms. The minimum atomic E-state index is -0.254. The van der Waals surface area contributed by atoms with Crippen molar-refractivity contribution in [2.45, 2.75) is 31.7 Å². The summed E-state index contributed by atoms with van der Waals surface area (Å²) in [5.74, 6) is 0.712. The van der Waals surface area contributed by atoms with Crippen LogP contribution in [-0.2, 0) is 20.6 Å². The number of benzene rings is 2. The number of nitrogens with zero attached hydrogens (tertiary/aromatic N) is 2. The molecule has 3 aromatic rings. The number of para-hydroxylation sites is 1. The fourth-order valence-electron chi connectivity index (χ4n) is 4.51. The molecule has 0 amide bonds. The molecule has 1 aromatic heterocycles. The van der Waals surface area contributed by atoms with Crippen molar-refractivity contribution in [3.8, 4) is 0 Å². The fraction of sp³-hybridized carbons (Fsp3) is 0.500. The summed E-state index contributed by atoms with van der Waals surface area (Å²) in [5, 5.41) is 4.72. The molecule has 2 saturated heterocycles. The van der Waals surface area contributed by atoms with Crippen molar-refractivity contribution in [1.29, 1.82) is 0 Å². The highest BCUT2D eigenvalue weighted by molar-refractivity contribution is 7.22. The Bertz CT molecular complexity index is 950. The Morgan fingerprint density at radius 3 is 2.61 bits per heavy atom. The Morgan fingerprint density at radius 1 is 1.00 bits per heavy atom. The highest BCUT2D eigenvalue weighted by Gasteiger charge is 2.23. The zero-order valence-corrected chi connectivity index (χ0v) is 19.8. The van der Waals surface area contributed by atoms with Gasteiger partial charge in [-0.1, -0.05) is 53.8 Å². The predicted octanol–water partition coefficient (Wildman–Crippen LogP) is 4.10. The molecule has 5 rings (SSSR count). The highest BCUT2D eigenvalue weighted by atomic mass is 32.1. The second kappa shape index (κ2) is 11.4. The van der Waals surface area contributed by atoms with Gasteiger partial charge in [-0.2, -0.15) is 0 Å². The van der Waals surface area contributed by atoms with Crippen LogP contribution in [0, 0.1) is 5.92 Å². The number of thiazole rings is 1. The molecule has 2 fully saturated rings. The summed E-state index contributed by atoms with van der Waals surface area (Å²) in [7, 11) is 0. The summed E-state index contributed by atoms with van der Waals surface area (Å²) < 4.78 is 18.9. The second-order valence-corrected chi connectivity index (χ2v) is 9.89.